The van der Waals surface area contributed by atoms with Crippen LogP contribution in [0.1, 0.15) is 38.6 Å². The second-order valence-corrected chi connectivity index (χ2v) is 5.36. The van der Waals surface area contributed by atoms with Gasteiger partial charge in [-0.1, -0.05) is 13.8 Å². The number of aryl methyl sites for hydroxylation is 1. The molecule has 1 saturated heterocycles. The standard InChI is InChI=1S/C13H22N4O2/c1-9(2)11(12-14-8-15-17(12)3)16-13(18)10-4-6-19-7-5-10/h8-11H,4-7H2,1-3H3,(H,16,18)/t11-/m1/s1. The molecular formula is C13H22N4O2. The molecule has 0 aromatic carbocycles. The van der Waals surface area contributed by atoms with Crippen molar-refractivity contribution in [1.82, 2.24) is 20.1 Å². The predicted molar refractivity (Wildman–Crippen MR) is 70.3 cm³/mol. The van der Waals surface area contributed by atoms with Crippen molar-refractivity contribution in [3.63, 3.8) is 0 Å². The third kappa shape index (κ3) is 3.32. The highest BCUT2D eigenvalue weighted by atomic mass is 16.5. The maximum absolute atomic E-state index is 12.3. The van der Waals surface area contributed by atoms with Gasteiger partial charge in [0, 0.05) is 26.2 Å². The van der Waals surface area contributed by atoms with Crippen LogP contribution in [-0.2, 0) is 16.6 Å². The Morgan fingerprint density at radius 2 is 2.16 bits per heavy atom. The summed E-state index contributed by atoms with van der Waals surface area (Å²) in [6, 6.07) is -0.0946. The van der Waals surface area contributed by atoms with Crippen LogP contribution in [0.15, 0.2) is 6.33 Å². The van der Waals surface area contributed by atoms with Gasteiger partial charge in [-0.3, -0.25) is 9.48 Å². The van der Waals surface area contributed by atoms with Crippen LogP contribution in [0.3, 0.4) is 0 Å². The highest BCUT2D eigenvalue weighted by molar-refractivity contribution is 5.79. The zero-order valence-electron chi connectivity index (χ0n) is 11.8. The summed E-state index contributed by atoms with van der Waals surface area (Å²) in [5.74, 6) is 1.23. The molecule has 0 saturated carbocycles. The first-order valence-corrected chi connectivity index (χ1v) is 6.81. The number of hydrogen-bond acceptors (Lipinski definition) is 4. The summed E-state index contributed by atoms with van der Waals surface area (Å²) in [7, 11) is 1.85. The molecule has 0 aliphatic carbocycles. The van der Waals surface area contributed by atoms with Gasteiger partial charge in [-0.05, 0) is 18.8 Å². The highest BCUT2D eigenvalue weighted by Crippen LogP contribution is 2.21. The van der Waals surface area contributed by atoms with Gasteiger partial charge < -0.3 is 10.1 Å². The molecule has 106 valence electrons. The van der Waals surface area contributed by atoms with E-state index in [1.165, 1.54) is 6.33 Å². The van der Waals surface area contributed by atoms with Gasteiger partial charge in [0.25, 0.3) is 0 Å². The van der Waals surface area contributed by atoms with Gasteiger partial charge in [-0.2, -0.15) is 5.10 Å². The van der Waals surface area contributed by atoms with Gasteiger partial charge >= 0.3 is 0 Å². The lowest BCUT2D eigenvalue weighted by molar-refractivity contribution is -0.129. The van der Waals surface area contributed by atoms with E-state index in [2.05, 4.69) is 29.2 Å². The molecule has 1 amide bonds. The van der Waals surface area contributed by atoms with E-state index in [0.29, 0.717) is 13.2 Å². The van der Waals surface area contributed by atoms with Crippen LogP contribution in [0.4, 0.5) is 0 Å². The summed E-state index contributed by atoms with van der Waals surface area (Å²) in [6.07, 6.45) is 3.12. The number of rotatable bonds is 4. The Morgan fingerprint density at radius 3 is 2.68 bits per heavy atom. The molecule has 1 aromatic rings. The number of nitrogens with zero attached hydrogens (tertiary/aromatic N) is 3. The fourth-order valence-corrected chi connectivity index (χ4v) is 2.35. The fraction of sp³-hybridized carbons (Fsp3) is 0.769. The minimum absolute atomic E-state index is 0.0585. The van der Waals surface area contributed by atoms with Crippen LogP contribution >= 0.6 is 0 Å². The molecule has 0 bridgehead atoms. The van der Waals surface area contributed by atoms with Crippen molar-refractivity contribution < 1.29 is 9.53 Å². The first kappa shape index (κ1) is 14.0. The minimum Gasteiger partial charge on any atom is -0.381 e. The fourth-order valence-electron chi connectivity index (χ4n) is 2.35. The molecule has 0 spiro atoms. The molecule has 6 heteroatoms. The van der Waals surface area contributed by atoms with Crippen molar-refractivity contribution in [3.05, 3.63) is 12.2 Å². The maximum Gasteiger partial charge on any atom is 0.223 e. The molecule has 2 heterocycles. The SMILES string of the molecule is CC(C)[C@@H](NC(=O)C1CCOCC1)c1ncnn1C. The first-order chi connectivity index (χ1) is 9.09. The lowest BCUT2D eigenvalue weighted by Crippen LogP contribution is -2.39. The normalized spacial score (nSPS) is 18.5. The van der Waals surface area contributed by atoms with Crippen molar-refractivity contribution in [2.75, 3.05) is 13.2 Å². The van der Waals surface area contributed by atoms with Crippen molar-refractivity contribution >= 4 is 5.91 Å². The molecule has 2 rings (SSSR count). The maximum atomic E-state index is 12.3. The molecule has 1 aliphatic rings. The molecule has 19 heavy (non-hydrogen) atoms. The highest BCUT2D eigenvalue weighted by Gasteiger charge is 2.27. The van der Waals surface area contributed by atoms with Gasteiger partial charge in [0.05, 0.1) is 6.04 Å². The Balaban J connectivity index is 2.04. The second-order valence-electron chi connectivity index (χ2n) is 5.36. The summed E-state index contributed by atoms with van der Waals surface area (Å²) < 4.78 is 7.00. The smallest absolute Gasteiger partial charge is 0.223 e. The van der Waals surface area contributed by atoms with Crippen LogP contribution in [-0.4, -0.2) is 33.9 Å². The third-order valence-electron chi connectivity index (χ3n) is 3.58. The van der Waals surface area contributed by atoms with Crippen LogP contribution in [0.2, 0.25) is 0 Å². The number of ether oxygens (including phenoxy) is 1. The van der Waals surface area contributed by atoms with E-state index in [4.69, 9.17) is 4.74 Å². The van der Waals surface area contributed by atoms with Gasteiger partial charge in [-0.15, -0.1) is 0 Å². The molecule has 1 N–H and O–H groups in total. The quantitative estimate of drug-likeness (QED) is 0.884. The Morgan fingerprint density at radius 1 is 1.47 bits per heavy atom. The zero-order chi connectivity index (χ0) is 13.8. The Kier molecular flexibility index (Phi) is 4.52. The molecule has 1 atom stereocenters. The van der Waals surface area contributed by atoms with E-state index >= 15 is 0 Å². The average molecular weight is 266 g/mol. The summed E-state index contributed by atoms with van der Waals surface area (Å²) in [6.45, 7) is 5.50. The topological polar surface area (TPSA) is 69.0 Å². The number of aromatic nitrogens is 3. The summed E-state index contributed by atoms with van der Waals surface area (Å²) in [5, 5.41) is 7.19. The monoisotopic (exact) mass is 266 g/mol. The van der Waals surface area contributed by atoms with Crippen LogP contribution in [0.5, 0.6) is 0 Å². The molecule has 1 aromatic heterocycles. The van der Waals surface area contributed by atoms with Crippen molar-refractivity contribution in [2.45, 2.75) is 32.7 Å². The summed E-state index contributed by atoms with van der Waals surface area (Å²) >= 11 is 0. The molecule has 0 unspecified atom stereocenters. The first-order valence-electron chi connectivity index (χ1n) is 6.81. The number of nitrogens with one attached hydrogen (secondary N) is 1. The summed E-state index contributed by atoms with van der Waals surface area (Å²) in [5.41, 5.74) is 0. The van der Waals surface area contributed by atoms with E-state index in [0.717, 1.165) is 18.7 Å². The number of carbonyl (C=O) groups is 1. The van der Waals surface area contributed by atoms with E-state index in [1.807, 2.05) is 7.05 Å². The van der Waals surface area contributed by atoms with Gasteiger partial charge in [0.2, 0.25) is 5.91 Å². The van der Waals surface area contributed by atoms with E-state index in [-0.39, 0.29) is 23.8 Å². The lowest BCUT2D eigenvalue weighted by atomic mass is 9.97. The number of carbonyl (C=O) groups excluding carboxylic acids is 1. The zero-order valence-corrected chi connectivity index (χ0v) is 11.8. The Labute approximate surface area is 113 Å². The minimum atomic E-state index is -0.0946. The third-order valence-corrected chi connectivity index (χ3v) is 3.58. The lowest BCUT2D eigenvalue weighted by Gasteiger charge is -2.26. The predicted octanol–water partition coefficient (Wildman–Crippen LogP) is 1.05. The van der Waals surface area contributed by atoms with Gasteiger partial charge in [0.15, 0.2) is 0 Å². The van der Waals surface area contributed by atoms with Gasteiger partial charge in [-0.25, -0.2) is 4.98 Å². The number of hydrogen-bond donors (Lipinski definition) is 1. The van der Waals surface area contributed by atoms with Crippen LogP contribution in [0, 0.1) is 11.8 Å². The molecular weight excluding hydrogens is 244 g/mol. The van der Waals surface area contributed by atoms with Crippen molar-refractivity contribution in [2.24, 2.45) is 18.9 Å². The Hall–Kier alpha value is -1.43. The summed E-state index contributed by atoms with van der Waals surface area (Å²) in [4.78, 5) is 16.5. The van der Waals surface area contributed by atoms with Gasteiger partial charge in [0.1, 0.15) is 12.2 Å². The van der Waals surface area contributed by atoms with E-state index in [1.54, 1.807) is 4.68 Å². The van der Waals surface area contributed by atoms with Crippen molar-refractivity contribution in [1.29, 1.82) is 0 Å². The molecule has 6 nitrogen and oxygen atoms in total. The average Bonchev–Trinajstić information content (AvgIpc) is 2.82. The second kappa shape index (κ2) is 6.14. The molecule has 0 radical (unpaired) electrons. The van der Waals surface area contributed by atoms with E-state index < -0.39 is 0 Å². The largest absolute Gasteiger partial charge is 0.381 e. The molecule has 1 aliphatic heterocycles. The van der Waals surface area contributed by atoms with E-state index in [9.17, 15) is 4.79 Å². The van der Waals surface area contributed by atoms with Crippen LogP contribution < -0.4 is 5.32 Å². The van der Waals surface area contributed by atoms with Crippen molar-refractivity contribution in [3.8, 4) is 0 Å². The Bertz CT molecular complexity index is 424. The molecule has 1 fully saturated rings. The number of amides is 1. The van der Waals surface area contributed by atoms with Crippen LogP contribution in [0.25, 0.3) is 0 Å².